The first-order chi connectivity index (χ1) is 9.65. The van der Waals surface area contributed by atoms with E-state index in [1.165, 1.54) is 0 Å². The van der Waals surface area contributed by atoms with Crippen molar-refractivity contribution in [3.05, 3.63) is 18.2 Å². The van der Waals surface area contributed by atoms with Gasteiger partial charge in [0.2, 0.25) is 0 Å². The highest BCUT2D eigenvalue weighted by molar-refractivity contribution is 5.74. The average Bonchev–Trinajstić information content (AvgIpc) is 2.45. The Hall–Kier alpha value is -1.46. The highest BCUT2D eigenvalue weighted by Crippen LogP contribution is 2.33. The van der Waals surface area contributed by atoms with Crippen molar-refractivity contribution >= 4 is 11.4 Å². The fraction of sp³-hybridized carbons (Fsp3) is 0.600. The van der Waals surface area contributed by atoms with Gasteiger partial charge in [-0.1, -0.05) is 13.0 Å². The third-order valence-electron chi connectivity index (χ3n) is 3.38. The Balaban J connectivity index is 2.18. The number of hydrogen-bond donors (Lipinski definition) is 2. The minimum Gasteiger partial charge on any atom is -0.491 e. The minimum absolute atomic E-state index is 0.0206. The van der Waals surface area contributed by atoms with Crippen molar-refractivity contribution in [1.82, 2.24) is 0 Å². The molecule has 1 aromatic carbocycles. The molecule has 0 radical (unpaired) electrons. The summed E-state index contributed by atoms with van der Waals surface area (Å²) < 4.78 is 11.3. The molecule has 3 N–H and O–H groups in total. The van der Waals surface area contributed by atoms with Crippen molar-refractivity contribution in [3.63, 3.8) is 0 Å². The summed E-state index contributed by atoms with van der Waals surface area (Å²) in [5, 5.41) is 9.31. The zero-order chi connectivity index (χ0) is 14.5. The van der Waals surface area contributed by atoms with Gasteiger partial charge in [0, 0.05) is 13.1 Å². The van der Waals surface area contributed by atoms with Crippen molar-refractivity contribution < 1.29 is 14.6 Å². The molecule has 1 saturated heterocycles. The molecule has 5 heteroatoms. The fourth-order valence-electron chi connectivity index (χ4n) is 2.49. The molecule has 5 nitrogen and oxygen atoms in total. The van der Waals surface area contributed by atoms with Crippen molar-refractivity contribution in [2.75, 3.05) is 36.9 Å². The molecule has 0 saturated carbocycles. The molecule has 2 unspecified atom stereocenters. The maximum atomic E-state index is 9.31. The number of anilines is 2. The minimum atomic E-state index is -0.168. The number of para-hydroxylation sites is 1. The molecule has 2 rings (SSSR count). The summed E-state index contributed by atoms with van der Waals surface area (Å²) in [6.45, 7) is 6.15. The van der Waals surface area contributed by atoms with E-state index in [0.29, 0.717) is 18.8 Å². The van der Waals surface area contributed by atoms with Gasteiger partial charge in [-0.25, -0.2) is 0 Å². The monoisotopic (exact) mass is 280 g/mol. The van der Waals surface area contributed by atoms with Gasteiger partial charge >= 0.3 is 0 Å². The van der Waals surface area contributed by atoms with E-state index in [2.05, 4.69) is 11.8 Å². The summed E-state index contributed by atoms with van der Waals surface area (Å²) in [6.07, 6.45) is 0.851. The molecule has 20 heavy (non-hydrogen) atoms. The number of nitrogens with two attached hydrogens (primary N) is 1. The van der Waals surface area contributed by atoms with E-state index in [4.69, 9.17) is 15.2 Å². The van der Waals surface area contributed by atoms with Gasteiger partial charge in [-0.3, -0.25) is 0 Å². The second-order valence-corrected chi connectivity index (χ2v) is 5.19. The molecule has 0 aromatic heterocycles. The van der Waals surface area contributed by atoms with Gasteiger partial charge in [0.25, 0.3) is 0 Å². The summed E-state index contributed by atoms with van der Waals surface area (Å²) in [4.78, 5) is 2.16. The molecule has 112 valence electrons. The van der Waals surface area contributed by atoms with E-state index in [-0.39, 0.29) is 18.8 Å². The number of ether oxygens (including phenoxy) is 2. The third-order valence-corrected chi connectivity index (χ3v) is 3.38. The van der Waals surface area contributed by atoms with Crippen LogP contribution in [0.2, 0.25) is 0 Å². The number of benzene rings is 1. The lowest BCUT2D eigenvalue weighted by molar-refractivity contribution is -0.0420. The quantitative estimate of drug-likeness (QED) is 0.803. The first kappa shape index (κ1) is 14.9. The Bertz CT molecular complexity index is 439. The standard InChI is InChI=1S/C15H24N2O3/c1-3-7-19-14-6-4-5-13(15(14)16)17-8-11(2)20-12(9-17)10-18/h4-6,11-12,18H,3,7-10,16H2,1-2H3. The summed E-state index contributed by atoms with van der Waals surface area (Å²) in [5.41, 5.74) is 7.83. The zero-order valence-corrected chi connectivity index (χ0v) is 12.2. The number of nitrogens with zero attached hydrogens (tertiary/aromatic N) is 1. The van der Waals surface area contributed by atoms with Crippen LogP contribution in [-0.4, -0.2) is 43.6 Å². The van der Waals surface area contributed by atoms with Gasteiger partial charge in [0.1, 0.15) is 5.75 Å². The molecule has 0 bridgehead atoms. The summed E-state index contributed by atoms with van der Waals surface area (Å²) in [7, 11) is 0. The number of aliphatic hydroxyl groups excluding tert-OH is 1. The normalized spacial score (nSPS) is 22.9. The average molecular weight is 280 g/mol. The SMILES string of the molecule is CCCOc1cccc(N2CC(C)OC(CO)C2)c1N. The lowest BCUT2D eigenvalue weighted by atomic mass is 10.1. The van der Waals surface area contributed by atoms with Gasteiger partial charge < -0.3 is 25.2 Å². The second kappa shape index (κ2) is 6.81. The predicted octanol–water partition coefficient (Wildman–Crippen LogP) is 1.64. The third kappa shape index (κ3) is 3.35. The number of aliphatic hydroxyl groups is 1. The molecule has 1 heterocycles. The van der Waals surface area contributed by atoms with Gasteiger partial charge in [-0.05, 0) is 25.5 Å². The van der Waals surface area contributed by atoms with Crippen LogP contribution in [0.25, 0.3) is 0 Å². The first-order valence-corrected chi connectivity index (χ1v) is 7.18. The molecule has 1 aliphatic rings. The molecule has 0 spiro atoms. The van der Waals surface area contributed by atoms with E-state index < -0.39 is 0 Å². The van der Waals surface area contributed by atoms with Crippen molar-refractivity contribution in [3.8, 4) is 5.75 Å². The molecule has 0 aliphatic carbocycles. The van der Waals surface area contributed by atoms with Gasteiger partial charge in [-0.15, -0.1) is 0 Å². The van der Waals surface area contributed by atoms with E-state index in [1.54, 1.807) is 0 Å². The topological polar surface area (TPSA) is 68.0 Å². The van der Waals surface area contributed by atoms with Crippen LogP contribution in [0, 0.1) is 0 Å². The van der Waals surface area contributed by atoms with Crippen LogP contribution in [0.15, 0.2) is 18.2 Å². The molecule has 1 aliphatic heterocycles. The summed E-state index contributed by atoms with van der Waals surface area (Å²) in [6, 6.07) is 5.83. The Kier molecular flexibility index (Phi) is 5.09. The van der Waals surface area contributed by atoms with Gasteiger partial charge in [-0.2, -0.15) is 0 Å². The molecule has 0 amide bonds. The number of rotatable bonds is 5. The molecule has 1 aromatic rings. The molecular weight excluding hydrogens is 256 g/mol. The van der Waals surface area contributed by atoms with Crippen LogP contribution in [-0.2, 0) is 4.74 Å². The van der Waals surface area contributed by atoms with Crippen molar-refractivity contribution in [2.45, 2.75) is 32.5 Å². The van der Waals surface area contributed by atoms with E-state index in [9.17, 15) is 5.11 Å². The Morgan fingerprint density at radius 3 is 2.95 bits per heavy atom. The zero-order valence-electron chi connectivity index (χ0n) is 12.2. The summed E-state index contributed by atoms with van der Waals surface area (Å²) >= 11 is 0. The van der Waals surface area contributed by atoms with Crippen LogP contribution in [0.5, 0.6) is 5.75 Å². The van der Waals surface area contributed by atoms with E-state index in [1.807, 2.05) is 25.1 Å². The largest absolute Gasteiger partial charge is 0.491 e. The van der Waals surface area contributed by atoms with Crippen LogP contribution in [0.1, 0.15) is 20.3 Å². The van der Waals surface area contributed by atoms with Crippen molar-refractivity contribution in [1.29, 1.82) is 0 Å². The van der Waals surface area contributed by atoms with Crippen LogP contribution < -0.4 is 15.4 Å². The lowest BCUT2D eigenvalue weighted by Crippen LogP contribution is -2.48. The maximum Gasteiger partial charge on any atom is 0.144 e. The Morgan fingerprint density at radius 2 is 2.25 bits per heavy atom. The van der Waals surface area contributed by atoms with Gasteiger partial charge in [0.15, 0.2) is 0 Å². The highest BCUT2D eigenvalue weighted by atomic mass is 16.5. The molecule has 2 atom stereocenters. The predicted molar refractivity (Wildman–Crippen MR) is 80.3 cm³/mol. The second-order valence-electron chi connectivity index (χ2n) is 5.19. The van der Waals surface area contributed by atoms with Crippen LogP contribution in [0.4, 0.5) is 11.4 Å². The smallest absolute Gasteiger partial charge is 0.144 e. The Morgan fingerprint density at radius 1 is 1.45 bits per heavy atom. The number of hydrogen-bond acceptors (Lipinski definition) is 5. The summed E-state index contributed by atoms with van der Waals surface area (Å²) in [5.74, 6) is 0.726. The molecular formula is C15H24N2O3. The van der Waals surface area contributed by atoms with Crippen molar-refractivity contribution in [2.24, 2.45) is 0 Å². The maximum absolute atomic E-state index is 9.31. The first-order valence-electron chi connectivity index (χ1n) is 7.18. The lowest BCUT2D eigenvalue weighted by Gasteiger charge is -2.38. The van der Waals surface area contributed by atoms with Crippen LogP contribution >= 0.6 is 0 Å². The van der Waals surface area contributed by atoms with Crippen LogP contribution in [0.3, 0.4) is 0 Å². The number of nitrogen functional groups attached to an aromatic ring is 1. The van der Waals surface area contributed by atoms with E-state index >= 15 is 0 Å². The Labute approximate surface area is 120 Å². The van der Waals surface area contributed by atoms with E-state index in [0.717, 1.165) is 24.4 Å². The highest BCUT2D eigenvalue weighted by Gasteiger charge is 2.26. The van der Waals surface area contributed by atoms with Gasteiger partial charge in [0.05, 0.1) is 36.8 Å². The fourth-order valence-corrected chi connectivity index (χ4v) is 2.49. The number of morpholine rings is 1. The molecule has 1 fully saturated rings.